The molecule has 1 aromatic rings. The first-order valence-corrected chi connectivity index (χ1v) is 6.16. The van der Waals surface area contributed by atoms with Crippen molar-refractivity contribution in [2.45, 2.75) is 26.2 Å². The molecule has 0 aliphatic rings. The predicted molar refractivity (Wildman–Crippen MR) is 69.9 cm³/mol. The molecular formula is C12H18F2N4O. The number of halogens is 2. The maximum atomic E-state index is 13.5. The molecule has 0 spiro atoms. The molecule has 5 nitrogen and oxygen atoms in total. The zero-order chi connectivity index (χ0) is 14.3. The van der Waals surface area contributed by atoms with Crippen LogP contribution in [0.4, 0.5) is 20.4 Å². The van der Waals surface area contributed by atoms with E-state index >= 15 is 0 Å². The number of nitrogens with two attached hydrogens (primary N) is 1. The number of anilines is 2. The van der Waals surface area contributed by atoms with Gasteiger partial charge in [0.15, 0.2) is 23.3 Å². The molecule has 0 aliphatic carbocycles. The molecule has 0 bridgehead atoms. The van der Waals surface area contributed by atoms with E-state index in [-0.39, 0.29) is 18.1 Å². The molecule has 1 aromatic heterocycles. The van der Waals surface area contributed by atoms with E-state index in [2.05, 4.69) is 15.6 Å². The van der Waals surface area contributed by atoms with Crippen LogP contribution in [0.2, 0.25) is 0 Å². The number of nitrogens with zero attached hydrogens (tertiary/aromatic N) is 1. The van der Waals surface area contributed by atoms with Gasteiger partial charge in [0.25, 0.3) is 0 Å². The van der Waals surface area contributed by atoms with Gasteiger partial charge in [-0.2, -0.15) is 0 Å². The third-order valence-corrected chi connectivity index (χ3v) is 2.36. The quantitative estimate of drug-likeness (QED) is 0.631. The first-order chi connectivity index (χ1) is 9.04. The highest BCUT2D eigenvalue weighted by molar-refractivity contribution is 5.73. The normalized spacial score (nSPS) is 10.3. The minimum atomic E-state index is -0.765. The van der Waals surface area contributed by atoms with Crippen LogP contribution in [0.1, 0.15) is 26.2 Å². The number of pyridine rings is 1. The summed E-state index contributed by atoms with van der Waals surface area (Å²) in [6.07, 6.45) is 1.47. The van der Waals surface area contributed by atoms with Crippen LogP contribution in [0.15, 0.2) is 6.07 Å². The molecule has 0 saturated heterocycles. The summed E-state index contributed by atoms with van der Waals surface area (Å²) in [4.78, 5) is 14.4. The Labute approximate surface area is 110 Å². The molecule has 106 valence electrons. The summed E-state index contributed by atoms with van der Waals surface area (Å²) in [7, 11) is 0. The SMILES string of the molecule is CCCNc1nc(NCCCC(N)=O)c(F)cc1F. The monoisotopic (exact) mass is 272 g/mol. The first-order valence-electron chi connectivity index (χ1n) is 6.16. The van der Waals surface area contributed by atoms with Gasteiger partial charge in [0.05, 0.1) is 0 Å². The van der Waals surface area contributed by atoms with Gasteiger partial charge < -0.3 is 16.4 Å². The van der Waals surface area contributed by atoms with Gasteiger partial charge >= 0.3 is 0 Å². The number of hydrogen-bond donors (Lipinski definition) is 3. The number of amides is 1. The number of rotatable bonds is 8. The van der Waals surface area contributed by atoms with Crippen molar-refractivity contribution >= 4 is 17.5 Å². The summed E-state index contributed by atoms with van der Waals surface area (Å²) < 4.78 is 26.8. The molecule has 0 radical (unpaired) electrons. The van der Waals surface area contributed by atoms with Gasteiger partial charge in [0, 0.05) is 25.6 Å². The minimum Gasteiger partial charge on any atom is -0.370 e. The Morgan fingerprint density at radius 3 is 2.37 bits per heavy atom. The van der Waals surface area contributed by atoms with Crippen LogP contribution in [0.3, 0.4) is 0 Å². The zero-order valence-corrected chi connectivity index (χ0v) is 10.8. The molecule has 19 heavy (non-hydrogen) atoms. The van der Waals surface area contributed by atoms with E-state index in [0.717, 1.165) is 12.5 Å². The maximum Gasteiger partial charge on any atom is 0.217 e. The molecule has 1 heterocycles. The van der Waals surface area contributed by atoms with Crippen LogP contribution in [-0.4, -0.2) is 24.0 Å². The summed E-state index contributed by atoms with van der Waals surface area (Å²) >= 11 is 0. The van der Waals surface area contributed by atoms with Crippen molar-refractivity contribution in [2.75, 3.05) is 23.7 Å². The molecule has 1 rings (SSSR count). The van der Waals surface area contributed by atoms with Crippen LogP contribution in [0.25, 0.3) is 0 Å². The van der Waals surface area contributed by atoms with Gasteiger partial charge in [-0.15, -0.1) is 0 Å². The summed E-state index contributed by atoms with van der Waals surface area (Å²) in [6.45, 7) is 2.82. The van der Waals surface area contributed by atoms with Crippen molar-refractivity contribution in [2.24, 2.45) is 5.73 Å². The smallest absolute Gasteiger partial charge is 0.217 e. The summed E-state index contributed by atoms with van der Waals surface area (Å²) in [6, 6.07) is 0.779. The molecule has 1 amide bonds. The Hall–Kier alpha value is -1.92. The minimum absolute atomic E-state index is 0.0145. The number of nitrogens with one attached hydrogen (secondary N) is 2. The van der Waals surface area contributed by atoms with E-state index in [9.17, 15) is 13.6 Å². The highest BCUT2D eigenvalue weighted by Gasteiger charge is 2.11. The van der Waals surface area contributed by atoms with Crippen LogP contribution in [0, 0.1) is 11.6 Å². The predicted octanol–water partition coefficient (Wildman–Crippen LogP) is 1.86. The standard InChI is InChI=1S/C12H18F2N4O/c1-2-5-16-11-8(13)7-9(14)12(18-11)17-6-3-4-10(15)19/h7H,2-6H2,1H3,(H2,15,19)(H2,16,17,18). The molecule has 0 unspecified atom stereocenters. The fourth-order valence-corrected chi connectivity index (χ4v) is 1.43. The maximum absolute atomic E-state index is 13.5. The Bertz CT molecular complexity index is 440. The van der Waals surface area contributed by atoms with Crippen molar-refractivity contribution in [3.05, 3.63) is 17.7 Å². The summed E-state index contributed by atoms with van der Waals surface area (Å²) in [5.74, 6) is -1.93. The fourth-order valence-electron chi connectivity index (χ4n) is 1.43. The molecule has 7 heteroatoms. The molecule has 0 fully saturated rings. The van der Waals surface area contributed by atoms with E-state index in [4.69, 9.17) is 5.73 Å². The van der Waals surface area contributed by atoms with E-state index in [1.54, 1.807) is 0 Å². The van der Waals surface area contributed by atoms with Gasteiger partial charge in [-0.1, -0.05) is 6.92 Å². The lowest BCUT2D eigenvalue weighted by atomic mass is 10.3. The Morgan fingerprint density at radius 1 is 1.26 bits per heavy atom. The lowest BCUT2D eigenvalue weighted by Crippen LogP contribution is -2.14. The molecule has 0 atom stereocenters. The number of carbonyl (C=O) groups excluding carboxylic acids is 1. The number of carbonyl (C=O) groups is 1. The third kappa shape index (κ3) is 5.07. The van der Waals surface area contributed by atoms with Gasteiger partial charge in [-0.25, -0.2) is 13.8 Å². The van der Waals surface area contributed by atoms with Gasteiger partial charge in [0.1, 0.15) is 0 Å². The molecule has 4 N–H and O–H groups in total. The average Bonchev–Trinajstić information content (AvgIpc) is 2.35. The fraction of sp³-hybridized carbons (Fsp3) is 0.500. The van der Waals surface area contributed by atoms with Gasteiger partial charge in [0.2, 0.25) is 5.91 Å². The van der Waals surface area contributed by atoms with Crippen LogP contribution >= 0.6 is 0 Å². The summed E-state index contributed by atoms with van der Waals surface area (Å²) in [5, 5.41) is 5.48. The van der Waals surface area contributed by atoms with Crippen molar-refractivity contribution in [1.29, 1.82) is 0 Å². The third-order valence-electron chi connectivity index (χ3n) is 2.36. The van der Waals surface area contributed by atoms with Crippen LogP contribution in [-0.2, 0) is 4.79 Å². The average molecular weight is 272 g/mol. The zero-order valence-electron chi connectivity index (χ0n) is 10.8. The van der Waals surface area contributed by atoms with Gasteiger partial charge in [-0.05, 0) is 12.8 Å². The van der Waals surface area contributed by atoms with Crippen molar-refractivity contribution in [1.82, 2.24) is 4.98 Å². The Kier molecular flexibility index (Phi) is 5.98. The topological polar surface area (TPSA) is 80.0 Å². The van der Waals surface area contributed by atoms with Crippen molar-refractivity contribution in [3.63, 3.8) is 0 Å². The Balaban J connectivity index is 2.63. The number of primary amides is 1. The number of aromatic nitrogens is 1. The van der Waals surface area contributed by atoms with Gasteiger partial charge in [-0.3, -0.25) is 4.79 Å². The highest BCUT2D eigenvalue weighted by atomic mass is 19.1. The molecule has 0 saturated carbocycles. The number of hydrogen-bond acceptors (Lipinski definition) is 4. The summed E-state index contributed by atoms with van der Waals surface area (Å²) in [5.41, 5.74) is 4.98. The Morgan fingerprint density at radius 2 is 1.84 bits per heavy atom. The van der Waals surface area contributed by atoms with Crippen molar-refractivity contribution in [3.8, 4) is 0 Å². The van der Waals surface area contributed by atoms with Crippen LogP contribution in [0.5, 0.6) is 0 Å². The molecular weight excluding hydrogens is 254 g/mol. The van der Waals surface area contributed by atoms with Crippen molar-refractivity contribution < 1.29 is 13.6 Å². The lowest BCUT2D eigenvalue weighted by Gasteiger charge is -2.10. The molecule has 0 aliphatic heterocycles. The largest absolute Gasteiger partial charge is 0.370 e. The van der Waals surface area contributed by atoms with E-state index in [1.807, 2.05) is 6.92 Å². The second kappa shape index (κ2) is 7.50. The molecule has 0 aromatic carbocycles. The lowest BCUT2D eigenvalue weighted by molar-refractivity contribution is -0.118. The highest BCUT2D eigenvalue weighted by Crippen LogP contribution is 2.19. The van der Waals surface area contributed by atoms with Crippen LogP contribution < -0.4 is 16.4 Å². The van der Waals surface area contributed by atoms with E-state index in [0.29, 0.717) is 19.5 Å². The second-order valence-electron chi connectivity index (χ2n) is 4.07. The second-order valence-corrected chi connectivity index (χ2v) is 4.07. The van der Waals surface area contributed by atoms with E-state index in [1.165, 1.54) is 0 Å². The van der Waals surface area contributed by atoms with E-state index < -0.39 is 17.5 Å². The first kappa shape index (κ1) is 15.1.